The Morgan fingerprint density at radius 2 is 1.66 bits per heavy atom. The number of carbonyl (C=O) groups is 1. The van der Waals surface area contributed by atoms with E-state index in [1.807, 2.05) is 17.0 Å². The van der Waals surface area contributed by atoms with Crippen molar-refractivity contribution >= 4 is 26.8 Å². The lowest BCUT2D eigenvalue weighted by Gasteiger charge is -2.32. The molecule has 186 valence electrons. The van der Waals surface area contributed by atoms with Crippen molar-refractivity contribution in [3.05, 3.63) is 59.8 Å². The summed E-state index contributed by atoms with van der Waals surface area (Å²) in [6.45, 7) is 4.62. The van der Waals surface area contributed by atoms with E-state index in [0.29, 0.717) is 43.6 Å². The quantitative estimate of drug-likeness (QED) is 0.560. The number of likely N-dealkylation sites (tertiary alicyclic amines) is 1. The van der Waals surface area contributed by atoms with E-state index in [2.05, 4.69) is 24.2 Å². The van der Waals surface area contributed by atoms with Gasteiger partial charge in [-0.3, -0.25) is 4.79 Å². The average Bonchev–Trinajstić information content (AvgIpc) is 3.32. The molecule has 0 bridgehead atoms. The van der Waals surface area contributed by atoms with Gasteiger partial charge in [0, 0.05) is 48.8 Å². The molecule has 1 amide bonds. The maximum Gasteiger partial charge on any atom is 0.253 e. The molecule has 5 rings (SSSR count). The third-order valence-electron chi connectivity index (χ3n) is 7.62. The number of aromatic nitrogens is 1. The highest BCUT2D eigenvalue weighted by Gasteiger charge is 2.29. The summed E-state index contributed by atoms with van der Waals surface area (Å²) in [5.41, 5.74) is 2.90. The predicted molar refractivity (Wildman–Crippen MR) is 136 cm³/mol. The van der Waals surface area contributed by atoms with Crippen LogP contribution >= 0.6 is 0 Å². The van der Waals surface area contributed by atoms with E-state index in [1.54, 1.807) is 35.7 Å². The lowest BCUT2D eigenvalue weighted by Crippen LogP contribution is -2.38. The van der Waals surface area contributed by atoms with E-state index in [9.17, 15) is 13.2 Å². The van der Waals surface area contributed by atoms with Crippen molar-refractivity contribution < 1.29 is 17.9 Å². The lowest BCUT2D eigenvalue weighted by molar-refractivity contribution is 0.0713. The van der Waals surface area contributed by atoms with Gasteiger partial charge in [0.1, 0.15) is 5.75 Å². The summed E-state index contributed by atoms with van der Waals surface area (Å²) >= 11 is 0. The SMILES string of the molecule is COc1ccc2[nH]cc(C3CCN(C(=O)c4ccc(S(=O)(=O)N5CCC(C)CC5)cc4)CC3)c2c1. The fourth-order valence-corrected chi connectivity index (χ4v) is 6.78. The zero-order valence-electron chi connectivity index (χ0n) is 20.4. The number of methoxy groups -OCH3 is 1. The summed E-state index contributed by atoms with van der Waals surface area (Å²) in [6, 6.07) is 12.5. The number of piperidine rings is 2. The van der Waals surface area contributed by atoms with Crippen LogP contribution in [-0.4, -0.2) is 61.8 Å². The molecule has 0 radical (unpaired) electrons. The summed E-state index contributed by atoms with van der Waals surface area (Å²) in [4.78, 5) is 18.6. The maximum atomic E-state index is 13.1. The molecule has 35 heavy (non-hydrogen) atoms. The van der Waals surface area contributed by atoms with Crippen LogP contribution in [0.1, 0.15) is 54.4 Å². The van der Waals surface area contributed by atoms with Crippen LogP contribution in [0.4, 0.5) is 0 Å². The molecule has 0 atom stereocenters. The number of nitrogens with zero attached hydrogens (tertiary/aromatic N) is 2. The molecule has 0 spiro atoms. The number of benzene rings is 2. The molecule has 2 fully saturated rings. The lowest BCUT2D eigenvalue weighted by atomic mass is 9.89. The van der Waals surface area contributed by atoms with Gasteiger partial charge in [0.05, 0.1) is 12.0 Å². The number of aromatic amines is 1. The summed E-state index contributed by atoms with van der Waals surface area (Å²) in [6.07, 6.45) is 5.62. The van der Waals surface area contributed by atoms with Crippen molar-refractivity contribution in [3.63, 3.8) is 0 Å². The second kappa shape index (κ2) is 9.66. The van der Waals surface area contributed by atoms with Crippen molar-refractivity contribution in [1.82, 2.24) is 14.2 Å². The number of nitrogens with one attached hydrogen (secondary N) is 1. The first-order valence-corrected chi connectivity index (χ1v) is 13.9. The molecular formula is C27H33N3O4S. The van der Waals surface area contributed by atoms with Gasteiger partial charge in [-0.2, -0.15) is 4.31 Å². The van der Waals surface area contributed by atoms with Gasteiger partial charge >= 0.3 is 0 Å². The summed E-state index contributed by atoms with van der Waals surface area (Å²) in [7, 11) is -1.84. The Kier molecular flexibility index (Phi) is 6.59. The van der Waals surface area contributed by atoms with E-state index in [1.165, 1.54) is 10.9 Å². The molecule has 2 aliphatic heterocycles. The molecule has 7 nitrogen and oxygen atoms in total. The number of hydrogen-bond donors (Lipinski definition) is 1. The summed E-state index contributed by atoms with van der Waals surface area (Å²) in [5.74, 6) is 1.73. The van der Waals surface area contributed by atoms with Crippen LogP contribution in [0.5, 0.6) is 5.75 Å². The highest BCUT2D eigenvalue weighted by molar-refractivity contribution is 7.89. The molecule has 1 aromatic heterocycles. The van der Waals surface area contributed by atoms with Crippen molar-refractivity contribution in [3.8, 4) is 5.75 Å². The van der Waals surface area contributed by atoms with Gasteiger partial charge < -0.3 is 14.6 Å². The first-order valence-electron chi connectivity index (χ1n) is 12.4. The molecule has 0 saturated carbocycles. The molecule has 2 aliphatic rings. The van der Waals surface area contributed by atoms with E-state index >= 15 is 0 Å². The van der Waals surface area contributed by atoms with Gasteiger partial charge in [-0.1, -0.05) is 6.92 Å². The number of amides is 1. The van der Waals surface area contributed by atoms with Gasteiger partial charge in [0.15, 0.2) is 0 Å². The van der Waals surface area contributed by atoms with E-state index in [4.69, 9.17) is 4.74 Å². The molecule has 0 aliphatic carbocycles. The van der Waals surface area contributed by atoms with Crippen molar-refractivity contribution in [2.75, 3.05) is 33.3 Å². The molecule has 8 heteroatoms. The molecular weight excluding hydrogens is 462 g/mol. The van der Waals surface area contributed by atoms with Crippen LogP contribution in [0.15, 0.2) is 53.6 Å². The Morgan fingerprint density at radius 3 is 2.31 bits per heavy atom. The smallest absolute Gasteiger partial charge is 0.253 e. The Morgan fingerprint density at radius 1 is 0.971 bits per heavy atom. The minimum absolute atomic E-state index is 0.0419. The van der Waals surface area contributed by atoms with Gasteiger partial charge in [-0.25, -0.2) is 8.42 Å². The molecule has 0 unspecified atom stereocenters. The van der Waals surface area contributed by atoms with Gasteiger partial charge in [0.25, 0.3) is 5.91 Å². The Hall–Kier alpha value is -2.84. The van der Waals surface area contributed by atoms with Crippen LogP contribution in [0.3, 0.4) is 0 Å². The number of hydrogen-bond acceptors (Lipinski definition) is 4. The molecule has 1 N–H and O–H groups in total. The Balaban J connectivity index is 1.24. The van der Waals surface area contributed by atoms with Crippen LogP contribution in [0.25, 0.3) is 10.9 Å². The van der Waals surface area contributed by atoms with Crippen LogP contribution < -0.4 is 4.74 Å². The van der Waals surface area contributed by atoms with Crippen molar-refractivity contribution in [2.24, 2.45) is 5.92 Å². The highest BCUT2D eigenvalue weighted by atomic mass is 32.2. The topological polar surface area (TPSA) is 82.7 Å². The summed E-state index contributed by atoms with van der Waals surface area (Å²) in [5, 5.41) is 1.18. The number of ether oxygens (including phenoxy) is 1. The molecule has 3 heterocycles. The van der Waals surface area contributed by atoms with Crippen molar-refractivity contribution in [1.29, 1.82) is 0 Å². The molecule has 2 saturated heterocycles. The van der Waals surface area contributed by atoms with E-state index in [-0.39, 0.29) is 10.8 Å². The fourth-order valence-electron chi connectivity index (χ4n) is 5.31. The highest BCUT2D eigenvalue weighted by Crippen LogP contribution is 2.35. The number of carbonyl (C=O) groups excluding carboxylic acids is 1. The Labute approximate surface area is 207 Å². The number of sulfonamides is 1. The minimum atomic E-state index is -3.51. The van der Waals surface area contributed by atoms with E-state index in [0.717, 1.165) is 36.9 Å². The van der Waals surface area contributed by atoms with Crippen LogP contribution in [-0.2, 0) is 10.0 Å². The second-order valence-electron chi connectivity index (χ2n) is 9.83. The zero-order chi connectivity index (χ0) is 24.6. The summed E-state index contributed by atoms with van der Waals surface area (Å²) < 4.78 is 32.9. The number of rotatable bonds is 5. The van der Waals surface area contributed by atoms with Gasteiger partial charge in [-0.05, 0) is 85.5 Å². The first kappa shape index (κ1) is 23.9. The van der Waals surface area contributed by atoms with E-state index < -0.39 is 10.0 Å². The fraction of sp³-hybridized carbons (Fsp3) is 0.444. The normalized spacial score (nSPS) is 18.7. The number of fused-ring (bicyclic) bond motifs is 1. The maximum absolute atomic E-state index is 13.1. The number of H-pyrrole nitrogens is 1. The third kappa shape index (κ3) is 4.69. The van der Waals surface area contributed by atoms with Crippen molar-refractivity contribution in [2.45, 2.75) is 43.4 Å². The van der Waals surface area contributed by atoms with Crippen LogP contribution in [0.2, 0.25) is 0 Å². The standard InChI is InChI=1S/C27H33N3O4S/c1-19-9-15-30(16-10-19)35(32,33)23-6-3-21(4-7-23)27(31)29-13-11-20(12-14-29)25-18-28-26-8-5-22(34-2)17-24(25)26/h3-8,17-20,28H,9-16H2,1-2H3. The zero-order valence-corrected chi connectivity index (χ0v) is 21.2. The predicted octanol–water partition coefficient (Wildman–Crippen LogP) is 4.62. The van der Waals surface area contributed by atoms with Crippen LogP contribution in [0, 0.1) is 5.92 Å². The monoisotopic (exact) mass is 495 g/mol. The minimum Gasteiger partial charge on any atom is -0.497 e. The Bertz CT molecular complexity index is 1300. The average molecular weight is 496 g/mol. The molecule has 2 aromatic carbocycles. The van der Waals surface area contributed by atoms with Gasteiger partial charge in [-0.15, -0.1) is 0 Å². The third-order valence-corrected chi connectivity index (χ3v) is 9.54. The second-order valence-corrected chi connectivity index (χ2v) is 11.8. The first-order chi connectivity index (χ1) is 16.9. The van der Waals surface area contributed by atoms with Gasteiger partial charge in [0.2, 0.25) is 10.0 Å². The molecule has 3 aromatic rings. The largest absolute Gasteiger partial charge is 0.497 e.